The van der Waals surface area contributed by atoms with Gasteiger partial charge in [0, 0.05) is 17.9 Å². The lowest BCUT2D eigenvalue weighted by atomic mass is 10.2. The van der Waals surface area contributed by atoms with E-state index in [1.54, 1.807) is 12.3 Å². The standard InChI is InChI=1S/C24H25N3O2/c28-24(27-20-8-4-5-9-20)19-10-15-23(25-16-19)26-21-11-13-22(14-12-21)29-17-18-6-2-1-3-7-18/h1-3,6-7,10-16,20H,4-5,8-9,17H2,(H,25,26)(H,27,28). The van der Waals surface area contributed by atoms with Crippen molar-refractivity contribution in [1.29, 1.82) is 0 Å². The van der Waals surface area contributed by atoms with Gasteiger partial charge in [0.15, 0.2) is 0 Å². The zero-order chi connectivity index (χ0) is 19.9. The summed E-state index contributed by atoms with van der Waals surface area (Å²) in [5.41, 5.74) is 2.63. The number of carbonyl (C=O) groups is 1. The fourth-order valence-electron chi connectivity index (χ4n) is 3.46. The van der Waals surface area contributed by atoms with E-state index in [1.165, 1.54) is 12.8 Å². The highest BCUT2D eigenvalue weighted by molar-refractivity contribution is 5.94. The molecule has 0 bridgehead atoms. The Bertz CT molecular complexity index is 919. The third-order valence-electron chi connectivity index (χ3n) is 5.09. The van der Waals surface area contributed by atoms with Crippen LogP contribution in [0.2, 0.25) is 0 Å². The van der Waals surface area contributed by atoms with Crippen molar-refractivity contribution < 1.29 is 9.53 Å². The summed E-state index contributed by atoms with van der Waals surface area (Å²) < 4.78 is 5.81. The SMILES string of the molecule is O=C(NC1CCCC1)c1ccc(Nc2ccc(OCc3ccccc3)cc2)nc1. The number of nitrogens with zero attached hydrogens (tertiary/aromatic N) is 1. The number of pyridine rings is 1. The number of hydrogen-bond donors (Lipinski definition) is 2. The van der Waals surface area contributed by atoms with Crippen LogP contribution in [0, 0.1) is 0 Å². The maximum absolute atomic E-state index is 12.3. The molecular weight excluding hydrogens is 362 g/mol. The zero-order valence-corrected chi connectivity index (χ0v) is 16.3. The lowest BCUT2D eigenvalue weighted by Crippen LogP contribution is -2.32. The molecule has 2 N–H and O–H groups in total. The van der Waals surface area contributed by atoms with E-state index >= 15 is 0 Å². The highest BCUT2D eigenvalue weighted by Gasteiger charge is 2.18. The van der Waals surface area contributed by atoms with E-state index in [-0.39, 0.29) is 5.91 Å². The second-order valence-electron chi connectivity index (χ2n) is 7.31. The molecule has 1 amide bonds. The van der Waals surface area contributed by atoms with Gasteiger partial charge in [-0.15, -0.1) is 0 Å². The Hall–Kier alpha value is -3.34. The van der Waals surface area contributed by atoms with Crippen molar-refractivity contribution in [2.45, 2.75) is 38.3 Å². The molecule has 0 aliphatic heterocycles. The molecule has 148 valence electrons. The highest BCUT2D eigenvalue weighted by atomic mass is 16.5. The van der Waals surface area contributed by atoms with Crippen molar-refractivity contribution in [1.82, 2.24) is 10.3 Å². The van der Waals surface area contributed by atoms with Crippen LogP contribution in [0.25, 0.3) is 0 Å². The maximum atomic E-state index is 12.3. The largest absolute Gasteiger partial charge is 0.489 e. The molecule has 0 saturated heterocycles. The topological polar surface area (TPSA) is 63.2 Å². The summed E-state index contributed by atoms with van der Waals surface area (Å²) in [6.45, 7) is 0.541. The van der Waals surface area contributed by atoms with Crippen LogP contribution in [-0.4, -0.2) is 16.9 Å². The second-order valence-corrected chi connectivity index (χ2v) is 7.31. The Kier molecular flexibility index (Phi) is 6.05. The summed E-state index contributed by atoms with van der Waals surface area (Å²) in [7, 11) is 0. The van der Waals surface area contributed by atoms with Crippen molar-refractivity contribution in [3.63, 3.8) is 0 Å². The second kappa shape index (κ2) is 9.24. The van der Waals surface area contributed by atoms with Crippen molar-refractivity contribution in [2.75, 3.05) is 5.32 Å². The number of rotatable bonds is 7. The van der Waals surface area contributed by atoms with E-state index in [2.05, 4.69) is 15.6 Å². The van der Waals surface area contributed by atoms with E-state index in [9.17, 15) is 4.79 Å². The molecule has 2 aromatic carbocycles. The van der Waals surface area contributed by atoms with E-state index in [0.717, 1.165) is 29.8 Å². The van der Waals surface area contributed by atoms with Gasteiger partial charge < -0.3 is 15.4 Å². The lowest BCUT2D eigenvalue weighted by molar-refractivity contribution is 0.0937. The van der Waals surface area contributed by atoms with Gasteiger partial charge in [-0.3, -0.25) is 4.79 Å². The van der Waals surface area contributed by atoms with E-state index in [1.807, 2.05) is 60.7 Å². The molecule has 1 saturated carbocycles. The molecule has 1 heterocycles. The number of aromatic nitrogens is 1. The van der Waals surface area contributed by atoms with Crippen LogP contribution >= 0.6 is 0 Å². The van der Waals surface area contributed by atoms with E-state index in [0.29, 0.717) is 24.0 Å². The lowest BCUT2D eigenvalue weighted by Gasteiger charge is -2.12. The van der Waals surface area contributed by atoms with Gasteiger partial charge in [-0.1, -0.05) is 43.2 Å². The molecule has 0 radical (unpaired) electrons. The van der Waals surface area contributed by atoms with Crippen molar-refractivity contribution in [3.05, 3.63) is 84.1 Å². The molecule has 1 aliphatic rings. The first-order valence-electron chi connectivity index (χ1n) is 10.1. The Balaban J connectivity index is 1.30. The monoisotopic (exact) mass is 387 g/mol. The van der Waals surface area contributed by atoms with Gasteiger partial charge in [-0.2, -0.15) is 0 Å². The van der Waals surface area contributed by atoms with Crippen LogP contribution in [0.5, 0.6) is 5.75 Å². The molecule has 1 aromatic heterocycles. The molecule has 5 nitrogen and oxygen atoms in total. The fraction of sp³-hybridized carbons (Fsp3) is 0.250. The minimum atomic E-state index is -0.0455. The first-order valence-corrected chi connectivity index (χ1v) is 10.1. The molecule has 29 heavy (non-hydrogen) atoms. The molecule has 4 rings (SSSR count). The van der Waals surface area contributed by atoms with Crippen LogP contribution in [0.15, 0.2) is 72.9 Å². The van der Waals surface area contributed by atoms with Crippen LogP contribution in [0.3, 0.4) is 0 Å². The van der Waals surface area contributed by atoms with E-state index in [4.69, 9.17) is 4.74 Å². The number of benzene rings is 2. The number of ether oxygens (including phenoxy) is 1. The first kappa shape index (κ1) is 19.0. The Morgan fingerprint density at radius 3 is 2.41 bits per heavy atom. The third kappa shape index (κ3) is 5.35. The minimum absolute atomic E-state index is 0.0455. The van der Waals surface area contributed by atoms with Gasteiger partial charge in [0.1, 0.15) is 18.2 Å². The van der Waals surface area contributed by atoms with Gasteiger partial charge in [0.2, 0.25) is 0 Å². The molecule has 1 fully saturated rings. The van der Waals surface area contributed by atoms with Crippen LogP contribution < -0.4 is 15.4 Å². The van der Waals surface area contributed by atoms with Crippen molar-refractivity contribution in [3.8, 4) is 5.75 Å². The van der Waals surface area contributed by atoms with E-state index < -0.39 is 0 Å². The molecule has 5 heteroatoms. The van der Waals surface area contributed by atoms with Crippen LogP contribution in [0.4, 0.5) is 11.5 Å². The molecule has 3 aromatic rings. The summed E-state index contributed by atoms with van der Waals surface area (Å²) in [6.07, 6.45) is 6.15. The predicted molar refractivity (Wildman–Crippen MR) is 114 cm³/mol. The number of carbonyl (C=O) groups excluding carboxylic acids is 1. The van der Waals surface area contributed by atoms with Gasteiger partial charge in [0.25, 0.3) is 5.91 Å². The maximum Gasteiger partial charge on any atom is 0.253 e. The van der Waals surface area contributed by atoms with Crippen LogP contribution in [-0.2, 0) is 6.61 Å². The van der Waals surface area contributed by atoms with Gasteiger partial charge in [-0.05, 0) is 54.8 Å². The quantitative estimate of drug-likeness (QED) is 0.594. The normalized spacial score (nSPS) is 13.8. The average molecular weight is 387 g/mol. The summed E-state index contributed by atoms with van der Waals surface area (Å²) in [6, 6.07) is 21.8. The summed E-state index contributed by atoms with van der Waals surface area (Å²) in [5.74, 6) is 1.46. The Morgan fingerprint density at radius 1 is 0.966 bits per heavy atom. The Morgan fingerprint density at radius 2 is 1.72 bits per heavy atom. The van der Waals surface area contributed by atoms with Gasteiger partial charge in [-0.25, -0.2) is 4.98 Å². The summed E-state index contributed by atoms with van der Waals surface area (Å²) in [5, 5.41) is 6.33. The van der Waals surface area contributed by atoms with Crippen molar-refractivity contribution in [2.24, 2.45) is 0 Å². The number of hydrogen-bond acceptors (Lipinski definition) is 4. The van der Waals surface area contributed by atoms with Crippen LogP contribution in [0.1, 0.15) is 41.6 Å². The fourth-order valence-corrected chi connectivity index (χ4v) is 3.46. The first-order chi connectivity index (χ1) is 14.3. The third-order valence-corrected chi connectivity index (χ3v) is 5.09. The number of amides is 1. The molecule has 0 spiro atoms. The molecule has 1 aliphatic carbocycles. The number of anilines is 2. The highest BCUT2D eigenvalue weighted by Crippen LogP contribution is 2.21. The number of nitrogens with one attached hydrogen (secondary N) is 2. The predicted octanol–water partition coefficient (Wildman–Crippen LogP) is 5.08. The Labute approximate surface area is 171 Å². The van der Waals surface area contributed by atoms with Gasteiger partial charge in [0.05, 0.1) is 5.56 Å². The summed E-state index contributed by atoms with van der Waals surface area (Å²) in [4.78, 5) is 16.7. The van der Waals surface area contributed by atoms with Gasteiger partial charge >= 0.3 is 0 Å². The smallest absolute Gasteiger partial charge is 0.253 e. The molecule has 0 atom stereocenters. The molecule has 0 unspecified atom stereocenters. The van der Waals surface area contributed by atoms with Crippen molar-refractivity contribution >= 4 is 17.4 Å². The average Bonchev–Trinajstić information content (AvgIpc) is 3.27. The zero-order valence-electron chi connectivity index (χ0n) is 16.3. The summed E-state index contributed by atoms with van der Waals surface area (Å²) >= 11 is 0. The minimum Gasteiger partial charge on any atom is -0.489 e. The molecular formula is C24H25N3O2.